The quantitative estimate of drug-likeness (QED) is 0.510. The summed E-state index contributed by atoms with van der Waals surface area (Å²) in [6.07, 6.45) is 4.03. The van der Waals surface area contributed by atoms with Gasteiger partial charge in [0.15, 0.2) is 5.82 Å². The van der Waals surface area contributed by atoms with Crippen LogP contribution < -0.4 is 11.1 Å². The molecule has 0 aliphatic rings. The van der Waals surface area contributed by atoms with E-state index in [2.05, 4.69) is 30.5 Å². The Kier molecular flexibility index (Phi) is 3.61. The van der Waals surface area contributed by atoms with Crippen molar-refractivity contribution in [3.05, 3.63) is 24.5 Å². The molecule has 0 radical (unpaired) electrons. The molecule has 0 amide bonds. The number of hydrogen-bond acceptors (Lipinski definition) is 7. The van der Waals surface area contributed by atoms with Crippen LogP contribution in [-0.4, -0.2) is 43.4 Å². The summed E-state index contributed by atoms with van der Waals surface area (Å²) in [6, 6.07) is 3.74. The highest BCUT2D eigenvalue weighted by Gasteiger charge is 2.09. The number of nitrogen functional groups attached to an aromatic ring is 1. The number of pyridine rings is 1. The van der Waals surface area contributed by atoms with Crippen molar-refractivity contribution >= 4 is 22.8 Å². The van der Waals surface area contributed by atoms with Gasteiger partial charge in [-0.2, -0.15) is 10.1 Å². The summed E-state index contributed by atoms with van der Waals surface area (Å²) in [5.41, 5.74) is 8.77. The first-order valence-electron chi connectivity index (χ1n) is 6.55. The van der Waals surface area contributed by atoms with Gasteiger partial charge in [-0.15, -0.1) is 0 Å². The first-order valence-corrected chi connectivity index (χ1v) is 6.55. The van der Waals surface area contributed by atoms with Crippen LogP contribution in [0.5, 0.6) is 0 Å². The maximum atomic E-state index is 8.83. The van der Waals surface area contributed by atoms with Crippen molar-refractivity contribution in [2.45, 2.75) is 6.42 Å². The fourth-order valence-electron chi connectivity index (χ4n) is 2.01. The fraction of sp³-hybridized carbons (Fsp3) is 0.231. The summed E-state index contributed by atoms with van der Waals surface area (Å²) >= 11 is 0. The number of aliphatic hydroxyl groups is 1. The first-order chi connectivity index (χ1) is 10.3. The zero-order valence-electron chi connectivity index (χ0n) is 11.2. The predicted molar refractivity (Wildman–Crippen MR) is 79.5 cm³/mol. The van der Waals surface area contributed by atoms with Gasteiger partial charge in [0.1, 0.15) is 5.52 Å². The van der Waals surface area contributed by atoms with Crippen molar-refractivity contribution in [3.8, 4) is 11.3 Å². The third-order valence-corrected chi connectivity index (χ3v) is 2.99. The van der Waals surface area contributed by atoms with Crippen molar-refractivity contribution in [3.63, 3.8) is 0 Å². The SMILES string of the molecule is Nc1nc(NCCCO)c2ncc(-c3ccn[nH]3)cc2n1. The molecule has 0 aliphatic carbocycles. The van der Waals surface area contributed by atoms with E-state index in [4.69, 9.17) is 10.8 Å². The highest BCUT2D eigenvalue weighted by atomic mass is 16.3. The molecular formula is C13H15N7O. The smallest absolute Gasteiger partial charge is 0.222 e. The van der Waals surface area contributed by atoms with Crippen LogP contribution in [0.4, 0.5) is 11.8 Å². The maximum absolute atomic E-state index is 8.83. The average Bonchev–Trinajstić information content (AvgIpc) is 3.01. The second-order valence-corrected chi connectivity index (χ2v) is 4.50. The van der Waals surface area contributed by atoms with Crippen LogP contribution in [0.2, 0.25) is 0 Å². The van der Waals surface area contributed by atoms with Crippen LogP contribution in [-0.2, 0) is 0 Å². The van der Waals surface area contributed by atoms with Gasteiger partial charge >= 0.3 is 0 Å². The van der Waals surface area contributed by atoms with E-state index in [0.717, 1.165) is 11.3 Å². The lowest BCUT2D eigenvalue weighted by Gasteiger charge is -2.08. The summed E-state index contributed by atoms with van der Waals surface area (Å²) in [4.78, 5) is 12.8. The van der Waals surface area contributed by atoms with Crippen molar-refractivity contribution in [1.29, 1.82) is 0 Å². The summed E-state index contributed by atoms with van der Waals surface area (Å²) in [5.74, 6) is 0.750. The van der Waals surface area contributed by atoms with Crippen molar-refractivity contribution < 1.29 is 5.11 Å². The molecule has 108 valence electrons. The van der Waals surface area contributed by atoms with Gasteiger partial charge < -0.3 is 16.2 Å². The second-order valence-electron chi connectivity index (χ2n) is 4.50. The molecule has 3 rings (SSSR count). The molecular weight excluding hydrogens is 270 g/mol. The summed E-state index contributed by atoms with van der Waals surface area (Å²) in [7, 11) is 0. The number of anilines is 2. The molecule has 0 aliphatic heterocycles. The molecule has 0 unspecified atom stereocenters. The molecule has 3 aromatic heterocycles. The van der Waals surface area contributed by atoms with E-state index in [1.54, 1.807) is 12.4 Å². The van der Waals surface area contributed by atoms with Gasteiger partial charge in [-0.3, -0.25) is 5.10 Å². The van der Waals surface area contributed by atoms with Gasteiger partial charge in [0.05, 0.1) is 11.2 Å². The number of nitrogens with zero attached hydrogens (tertiary/aromatic N) is 4. The van der Waals surface area contributed by atoms with Gasteiger partial charge in [-0.1, -0.05) is 0 Å². The number of nitrogens with one attached hydrogen (secondary N) is 2. The molecule has 8 heteroatoms. The molecule has 0 spiro atoms. The van der Waals surface area contributed by atoms with E-state index in [1.165, 1.54) is 0 Å². The Hall–Kier alpha value is -2.74. The van der Waals surface area contributed by atoms with Crippen LogP contribution >= 0.6 is 0 Å². The van der Waals surface area contributed by atoms with Crippen LogP contribution in [0, 0.1) is 0 Å². The third kappa shape index (κ3) is 2.75. The van der Waals surface area contributed by atoms with Crippen LogP contribution in [0.25, 0.3) is 22.3 Å². The Balaban J connectivity index is 2.01. The summed E-state index contributed by atoms with van der Waals surface area (Å²) < 4.78 is 0. The number of aromatic amines is 1. The minimum Gasteiger partial charge on any atom is -0.396 e. The van der Waals surface area contributed by atoms with Gasteiger partial charge in [0.25, 0.3) is 0 Å². The molecule has 0 atom stereocenters. The molecule has 0 aromatic carbocycles. The minimum atomic E-state index is 0.114. The molecule has 0 fully saturated rings. The Morgan fingerprint density at radius 2 is 2.24 bits per heavy atom. The van der Waals surface area contributed by atoms with E-state index in [-0.39, 0.29) is 12.6 Å². The van der Waals surface area contributed by atoms with Crippen molar-refractivity contribution in [1.82, 2.24) is 25.1 Å². The zero-order valence-corrected chi connectivity index (χ0v) is 11.2. The normalized spacial score (nSPS) is 10.9. The van der Waals surface area contributed by atoms with Gasteiger partial charge in [-0.05, 0) is 18.6 Å². The molecule has 0 saturated carbocycles. The molecule has 8 nitrogen and oxygen atoms in total. The number of hydrogen-bond donors (Lipinski definition) is 4. The molecule has 5 N–H and O–H groups in total. The number of nitrogens with two attached hydrogens (primary N) is 1. The van der Waals surface area contributed by atoms with Crippen molar-refractivity contribution in [2.75, 3.05) is 24.2 Å². The summed E-state index contributed by atoms with van der Waals surface area (Å²) in [5, 5.41) is 18.7. The van der Waals surface area contributed by atoms with Gasteiger partial charge in [0.2, 0.25) is 5.95 Å². The Morgan fingerprint density at radius 3 is 3.00 bits per heavy atom. The number of rotatable bonds is 5. The summed E-state index contributed by atoms with van der Waals surface area (Å²) in [6.45, 7) is 0.703. The lowest BCUT2D eigenvalue weighted by atomic mass is 10.2. The van der Waals surface area contributed by atoms with E-state index in [9.17, 15) is 0 Å². The van der Waals surface area contributed by atoms with E-state index in [0.29, 0.717) is 29.8 Å². The highest BCUT2D eigenvalue weighted by molar-refractivity contribution is 5.88. The van der Waals surface area contributed by atoms with Crippen molar-refractivity contribution in [2.24, 2.45) is 0 Å². The number of fused-ring (bicyclic) bond motifs is 1. The van der Waals surface area contributed by atoms with E-state index < -0.39 is 0 Å². The monoisotopic (exact) mass is 285 g/mol. The molecule has 3 aromatic rings. The Bertz CT molecular complexity index is 742. The van der Waals surface area contributed by atoms with E-state index >= 15 is 0 Å². The molecule has 3 heterocycles. The standard InChI is InChI=1S/C13H15N7O/c14-13-18-10-6-8(9-2-4-17-20-9)7-16-11(10)12(19-13)15-3-1-5-21/h2,4,6-7,21H,1,3,5H2,(H,17,20)(H3,14,15,18,19). The average molecular weight is 285 g/mol. The van der Waals surface area contributed by atoms with Crippen LogP contribution in [0.15, 0.2) is 24.5 Å². The zero-order chi connectivity index (χ0) is 14.7. The number of H-pyrrole nitrogens is 1. The topological polar surface area (TPSA) is 126 Å². The molecule has 0 saturated heterocycles. The highest BCUT2D eigenvalue weighted by Crippen LogP contribution is 2.24. The Labute approximate surface area is 120 Å². The number of aromatic nitrogens is 5. The number of aliphatic hydroxyl groups excluding tert-OH is 1. The van der Waals surface area contributed by atoms with Crippen LogP contribution in [0.1, 0.15) is 6.42 Å². The largest absolute Gasteiger partial charge is 0.396 e. The predicted octanol–water partition coefficient (Wildman–Crippen LogP) is 0.791. The second kappa shape index (κ2) is 5.71. The lowest BCUT2D eigenvalue weighted by molar-refractivity contribution is 0.292. The lowest BCUT2D eigenvalue weighted by Crippen LogP contribution is -2.08. The minimum absolute atomic E-state index is 0.114. The Morgan fingerprint density at radius 1 is 1.33 bits per heavy atom. The molecule has 21 heavy (non-hydrogen) atoms. The maximum Gasteiger partial charge on any atom is 0.222 e. The van der Waals surface area contributed by atoms with Crippen LogP contribution in [0.3, 0.4) is 0 Å². The first kappa shape index (κ1) is 13.3. The van der Waals surface area contributed by atoms with Gasteiger partial charge in [0, 0.05) is 31.1 Å². The van der Waals surface area contributed by atoms with E-state index in [1.807, 2.05) is 12.1 Å². The molecule has 0 bridgehead atoms. The fourth-order valence-corrected chi connectivity index (χ4v) is 2.01. The van der Waals surface area contributed by atoms with Gasteiger partial charge in [-0.25, -0.2) is 9.97 Å². The third-order valence-electron chi connectivity index (χ3n) is 2.99.